The molecule has 0 amide bonds. The Morgan fingerprint density at radius 2 is 2.19 bits per heavy atom. The quantitative estimate of drug-likeness (QED) is 0.814. The molecule has 0 aliphatic carbocycles. The highest BCUT2D eigenvalue weighted by Gasteiger charge is 2.20. The molecule has 0 N–H and O–H groups in total. The van der Waals surface area contributed by atoms with Gasteiger partial charge < -0.3 is 0 Å². The summed E-state index contributed by atoms with van der Waals surface area (Å²) in [7, 11) is 0. The molecule has 21 heavy (non-hydrogen) atoms. The van der Waals surface area contributed by atoms with E-state index in [0.29, 0.717) is 18.0 Å². The average Bonchev–Trinajstić information content (AvgIpc) is 2.49. The third-order valence-corrected chi connectivity index (χ3v) is 3.78. The second-order valence-corrected chi connectivity index (χ2v) is 5.77. The maximum atomic E-state index is 13.6. The monoisotopic (exact) mass is 286 g/mol. The Hall–Kier alpha value is -1.88. The summed E-state index contributed by atoms with van der Waals surface area (Å²) in [6, 6.07) is 3.56. The van der Waals surface area contributed by atoms with Gasteiger partial charge in [0.05, 0.1) is 0 Å². The van der Waals surface area contributed by atoms with E-state index in [2.05, 4.69) is 33.7 Å². The van der Waals surface area contributed by atoms with Gasteiger partial charge >= 0.3 is 0 Å². The van der Waals surface area contributed by atoms with Gasteiger partial charge in [-0.05, 0) is 6.07 Å². The molecule has 110 valence electrons. The number of aromatic nitrogens is 3. The van der Waals surface area contributed by atoms with E-state index in [-0.39, 0.29) is 5.95 Å². The van der Waals surface area contributed by atoms with Crippen LogP contribution in [0, 0.1) is 5.95 Å². The molecule has 0 atom stereocenters. The van der Waals surface area contributed by atoms with Gasteiger partial charge in [-0.1, -0.05) is 19.9 Å². The van der Waals surface area contributed by atoms with Crippen LogP contribution in [-0.2, 0) is 19.5 Å². The van der Waals surface area contributed by atoms with Crippen molar-refractivity contribution in [1.82, 2.24) is 19.9 Å². The zero-order valence-corrected chi connectivity index (χ0v) is 12.4. The standard InChI is InChI=1S/C16H19FN4/c1-11(2)16-19-8-13-10-21(7-5-14(13)20-16)9-12-4-3-6-18-15(12)17/h3-4,6,8,11H,5,7,9-10H2,1-2H3. The van der Waals surface area contributed by atoms with E-state index >= 15 is 0 Å². The number of hydrogen-bond donors (Lipinski definition) is 0. The fourth-order valence-electron chi connectivity index (χ4n) is 2.58. The molecule has 3 heterocycles. The molecule has 2 aromatic rings. The van der Waals surface area contributed by atoms with Crippen LogP contribution in [0.4, 0.5) is 4.39 Å². The van der Waals surface area contributed by atoms with E-state index in [1.807, 2.05) is 6.20 Å². The SMILES string of the molecule is CC(C)c1ncc2c(n1)CCN(Cc1cccnc1F)C2. The van der Waals surface area contributed by atoms with Crippen LogP contribution >= 0.6 is 0 Å². The molecule has 2 aromatic heterocycles. The molecule has 0 unspecified atom stereocenters. The molecule has 4 nitrogen and oxygen atoms in total. The number of pyridine rings is 1. The van der Waals surface area contributed by atoms with Crippen molar-refractivity contribution in [3.05, 3.63) is 53.1 Å². The van der Waals surface area contributed by atoms with Crippen LogP contribution in [0.1, 0.15) is 42.4 Å². The van der Waals surface area contributed by atoms with Gasteiger partial charge in [0.1, 0.15) is 5.82 Å². The Morgan fingerprint density at radius 1 is 1.33 bits per heavy atom. The molecule has 3 rings (SSSR count). The first-order valence-electron chi connectivity index (χ1n) is 7.30. The second-order valence-electron chi connectivity index (χ2n) is 5.77. The Balaban J connectivity index is 1.74. The topological polar surface area (TPSA) is 41.9 Å². The second kappa shape index (κ2) is 5.85. The first-order chi connectivity index (χ1) is 10.1. The third kappa shape index (κ3) is 3.08. The highest BCUT2D eigenvalue weighted by Crippen LogP contribution is 2.20. The van der Waals surface area contributed by atoms with Gasteiger partial charge in [0.15, 0.2) is 0 Å². The van der Waals surface area contributed by atoms with Crippen molar-refractivity contribution in [2.45, 2.75) is 39.3 Å². The lowest BCUT2D eigenvalue weighted by Crippen LogP contribution is -2.31. The number of fused-ring (bicyclic) bond motifs is 1. The van der Waals surface area contributed by atoms with Crippen LogP contribution in [0.15, 0.2) is 24.5 Å². The normalized spacial score (nSPS) is 15.2. The molecule has 1 aliphatic rings. The van der Waals surface area contributed by atoms with Crippen molar-refractivity contribution >= 4 is 0 Å². The van der Waals surface area contributed by atoms with Crippen LogP contribution in [-0.4, -0.2) is 26.4 Å². The van der Waals surface area contributed by atoms with E-state index in [1.54, 1.807) is 12.1 Å². The fourth-order valence-corrected chi connectivity index (χ4v) is 2.58. The van der Waals surface area contributed by atoms with Crippen molar-refractivity contribution in [2.75, 3.05) is 6.54 Å². The first-order valence-corrected chi connectivity index (χ1v) is 7.30. The maximum Gasteiger partial charge on any atom is 0.217 e. The predicted molar refractivity (Wildman–Crippen MR) is 78.1 cm³/mol. The van der Waals surface area contributed by atoms with Gasteiger partial charge in [0.25, 0.3) is 0 Å². The smallest absolute Gasteiger partial charge is 0.217 e. The Morgan fingerprint density at radius 3 is 2.95 bits per heavy atom. The first kappa shape index (κ1) is 14.1. The predicted octanol–water partition coefficient (Wildman–Crippen LogP) is 2.69. The van der Waals surface area contributed by atoms with Crippen LogP contribution in [0.2, 0.25) is 0 Å². The van der Waals surface area contributed by atoms with Gasteiger partial charge in [-0.25, -0.2) is 15.0 Å². The summed E-state index contributed by atoms with van der Waals surface area (Å²) < 4.78 is 13.6. The average molecular weight is 286 g/mol. The number of rotatable bonds is 3. The molecule has 0 saturated carbocycles. The van der Waals surface area contributed by atoms with Gasteiger partial charge in [0, 0.05) is 61.2 Å². The minimum atomic E-state index is -0.380. The number of halogens is 1. The van der Waals surface area contributed by atoms with Gasteiger partial charge in [-0.2, -0.15) is 4.39 Å². The summed E-state index contributed by atoms with van der Waals surface area (Å²) in [6.45, 7) is 6.42. The van der Waals surface area contributed by atoms with Crippen molar-refractivity contribution in [3.8, 4) is 0 Å². The molecule has 0 spiro atoms. The minimum Gasteiger partial charge on any atom is -0.294 e. The van der Waals surface area contributed by atoms with Crippen LogP contribution in [0.25, 0.3) is 0 Å². The van der Waals surface area contributed by atoms with Crippen LogP contribution in [0.5, 0.6) is 0 Å². The van der Waals surface area contributed by atoms with Crippen molar-refractivity contribution in [2.24, 2.45) is 0 Å². The summed E-state index contributed by atoms with van der Waals surface area (Å²) in [6.07, 6.45) is 4.29. The van der Waals surface area contributed by atoms with E-state index in [9.17, 15) is 4.39 Å². The summed E-state index contributed by atoms with van der Waals surface area (Å²) in [5.41, 5.74) is 2.92. The van der Waals surface area contributed by atoms with Crippen molar-refractivity contribution < 1.29 is 4.39 Å². The lowest BCUT2D eigenvalue weighted by atomic mass is 10.1. The maximum absolute atomic E-state index is 13.6. The van der Waals surface area contributed by atoms with Gasteiger partial charge in [-0.15, -0.1) is 0 Å². The Labute approximate surface area is 124 Å². The van der Waals surface area contributed by atoms with E-state index in [0.717, 1.165) is 36.6 Å². The summed E-state index contributed by atoms with van der Waals surface area (Å²) >= 11 is 0. The third-order valence-electron chi connectivity index (χ3n) is 3.78. The summed E-state index contributed by atoms with van der Waals surface area (Å²) in [4.78, 5) is 15.0. The minimum absolute atomic E-state index is 0.345. The fraction of sp³-hybridized carbons (Fsp3) is 0.438. The largest absolute Gasteiger partial charge is 0.294 e. The molecule has 0 fully saturated rings. The molecule has 1 aliphatic heterocycles. The van der Waals surface area contributed by atoms with Crippen LogP contribution in [0.3, 0.4) is 0 Å². The highest BCUT2D eigenvalue weighted by atomic mass is 19.1. The summed E-state index contributed by atoms with van der Waals surface area (Å²) in [5, 5.41) is 0. The van der Waals surface area contributed by atoms with E-state index in [1.165, 1.54) is 6.20 Å². The lowest BCUT2D eigenvalue weighted by molar-refractivity contribution is 0.238. The number of hydrogen-bond acceptors (Lipinski definition) is 4. The molecule has 0 radical (unpaired) electrons. The molecular weight excluding hydrogens is 267 g/mol. The molecule has 0 bridgehead atoms. The molecular formula is C16H19FN4. The zero-order chi connectivity index (χ0) is 14.8. The van der Waals surface area contributed by atoms with E-state index < -0.39 is 0 Å². The zero-order valence-electron chi connectivity index (χ0n) is 12.4. The van der Waals surface area contributed by atoms with Crippen molar-refractivity contribution in [3.63, 3.8) is 0 Å². The Bertz CT molecular complexity index is 642. The van der Waals surface area contributed by atoms with Crippen LogP contribution < -0.4 is 0 Å². The lowest BCUT2D eigenvalue weighted by Gasteiger charge is -2.28. The van der Waals surface area contributed by atoms with E-state index in [4.69, 9.17) is 0 Å². The van der Waals surface area contributed by atoms with Gasteiger partial charge in [0.2, 0.25) is 5.95 Å². The van der Waals surface area contributed by atoms with Crippen molar-refractivity contribution in [1.29, 1.82) is 0 Å². The molecule has 0 aromatic carbocycles. The molecule has 0 saturated heterocycles. The highest BCUT2D eigenvalue weighted by molar-refractivity contribution is 5.22. The van der Waals surface area contributed by atoms with Gasteiger partial charge in [-0.3, -0.25) is 4.90 Å². The summed E-state index contributed by atoms with van der Waals surface area (Å²) in [5.74, 6) is 0.869. The molecule has 5 heteroatoms. The Kier molecular flexibility index (Phi) is 3.92. The number of nitrogens with zero attached hydrogens (tertiary/aromatic N) is 4.